The highest BCUT2D eigenvalue weighted by Gasteiger charge is 2.12. The normalized spacial score (nSPS) is 13.1. The third-order valence-electron chi connectivity index (χ3n) is 2.34. The smallest absolute Gasteiger partial charge is 0.175 e. The fourth-order valence-electron chi connectivity index (χ4n) is 1.35. The summed E-state index contributed by atoms with van der Waals surface area (Å²) < 4.78 is 27.9. The second-order valence-electron chi connectivity index (χ2n) is 3.85. The zero-order valence-electron chi connectivity index (χ0n) is 10.3. The van der Waals surface area contributed by atoms with Crippen LogP contribution in [-0.2, 0) is 9.84 Å². The molecular weight excluding hydrogens is 258 g/mol. The Hall–Kier alpha value is -1.31. The van der Waals surface area contributed by atoms with Gasteiger partial charge in [-0.25, -0.2) is 8.42 Å². The van der Waals surface area contributed by atoms with Crippen LogP contribution in [0.1, 0.15) is 0 Å². The van der Waals surface area contributed by atoms with Gasteiger partial charge in [0.05, 0.1) is 30.4 Å². The number of sulfone groups is 1. The van der Waals surface area contributed by atoms with Crippen molar-refractivity contribution in [3.63, 3.8) is 0 Å². The van der Waals surface area contributed by atoms with Crippen molar-refractivity contribution in [2.45, 2.75) is 11.0 Å². The molecule has 0 amide bonds. The molecule has 7 heteroatoms. The number of anilines is 1. The molecule has 0 aliphatic carbocycles. The Balaban J connectivity index is 3.00. The third kappa shape index (κ3) is 3.86. The van der Waals surface area contributed by atoms with Gasteiger partial charge in [-0.3, -0.25) is 0 Å². The van der Waals surface area contributed by atoms with Gasteiger partial charge >= 0.3 is 0 Å². The lowest BCUT2D eigenvalue weighted by molar-refractivity contribution is 0.105. The van der Waals surface area contributed by atoms with E-state index in [4.69, 9.17) is 9.84 Å². The molecule has 3 N–H and O–H groups in total. The average molecular weight is 275 g/mol. The highest BCUT2D eigenvalue weighted by atomic mass is 32.2. The van der Waals surface area contributed by atoms with Crippen molar-refractivity contribution < 1.29 is 23.4 Å². The maximum Gasteiger partial charge on any atom is 0.175 e. The van der Waals surface area contributed by atoms with Crippen LogP contribution in [0, 0.1) is 0 Å². The quantitative estimate of drug-likeness (QED) is 0.669. The summed E-state index contributed by atoms with van der Waals surface area (Å²) in [6, 6.07) is 4.41. The van der Waals surface area contributed by atoms with Gasteiger partial charge in [-0.15, -0.1) is 0 Å². The van der Waals surface area contributed by atoms with Crippen molar-refractivity contribution in [2.75, 3.05) is 31.8 Å². The van der Waals surface area contributed by atoms with Gasteiger partial charge in [0, 0.05) is 12.8 Å². The van der Waals surface area contributed by atoms with E-state index in [2.05, 4.69) is 5.32 Å². The molecule has 1 unspecified atom stereocenters. The van der Waals surface area contributed by atoms with Gasteiger partial charge in [-0.2, -0.15) is 0 Å². The Labute approximate surface area is 106 Å². The monoisotopic (exact) mass is 275 g/mol. The molecule has 0 aliphatic heterocycles. The fraction of sp³-hybridized carbons (Fsp3) is 0.455. The number of aliphatic hydroxyl groups is 2. The molecule has 18 heavy (non-hydrogen) atoms. The first-order valence-corrected chi connectivity index (χ1v) is 7.18. The first kappa shape index (κ1) is 14.7. The van der Waals surface area contributed by atoms with Crippen LogP contribution in [0.2, 0.25) is 0 Å². The first-order valence-electron chi connectivity index (χ1n) is 5.29. The molecule has 1 aromatic rings. The molecule has 1 aromatic carbocycles. The molecule has 0 saturated carbocycles. The fourth-order valence-corrected chi connectivity index (χ4v) is 2.00. The zero-order chi connectivity index (χ0) is 13.8. The molecule has 0 radical (unpaired) electrons. The molecular formula is C11H17NO5S. The lowest BCUT2D eigenvalue weighted by atomic mass is 10.2. The van der Waals surface area contributed by atoms with Gasteiger partial charge in [0.15, 0.2) is 9.84 Å². The minimum Gasteiger partial charge on any atom is -0.495 e. The van der Waals surface area contributed by atoms with Gasteiger partial charge < -0.3 is 20.3 Å². The van der Waals surface area contributed by atoms with Gasteiger partial charge in [-0.1, -0.05) is 0 Å². The Bertz CT molecular complexity index is 500. The van der Waals surface area contributed by atoms with Crippen LogP contribution in [0.3, 0.4) is 0 Å². The Kier molecular flexibility index (Phi) is 4.94. The average Bonchev–Trinajstić information content (AvgIpc) is 2.34. The zero-order valence-corrected chi connectivity index (χ0v) is 11.1. The van der Waals surface area contributed by atoms with Crippen LogP contribution >= 0.6 is 0 Å². The first-order chi connectivity index (χ1) is 8.38. The lowest BCUT2D eigenvalue weighted by Gasteiger charge is -2.14. The highest BCUT2D eigenvalue weighted by Crippen LogP contribution is 2.27. The van der Waals surface area contributed by atoms with Crippen molar-refractivity contribution >= 4 is 15.5 Å². The summed E-state index contributed by atoms with van der Waals surface area (Å²) in [5.74, 6) is 0.465. The van der Waals surface area contributed by atoms with E-state index >= 15 is 0 Å². The summed E-state index contributed by atoms with van der Waals surface area (Å²) >= 11 is 0. The third-order valence-corrected chi connectivity index (χ3v) is 3.45. The van der Waals surface area contributed by atoms with E-state index in [1.165, 1.54) is 25.3 Å². The van der Waals surface area contributed by atoms with Crippen LogP contribution < -0.4 is 10.1 Å². The molecule has 0 aromatic heterocycles. The molecule has 0 heterocycles. The summed E-state index contributed by atoms with van der Waals surface area (Å²) in [5, 5.41) is 20.8. The number of ether oxygens (including phenoxy) is 1. The Morgan fingerprint density at radius 3 is 2.61 bits per heavy atom. The second-order valence-corrected chi connectivity index (χ2v) is 5.87. The maximum absolute atomic E-state index is 11.4. The molecule has 102 valence electrons. The van der Waals surface area contributed by atoms with Crippen molar-refractivity contribution in [1.29, 1.82) is 0 Å². The summed E-state index contributed by atoms with van der Waals surface area (Å²) in [4.78, 5) is 0.157. The topological polar surface area (TPSA) is 95.9 Å². The maximum atomic E-state index is 11.4. The van der Waals surface area contributed by atoms with E-state index in [1.807, 2.05) is 0 Å². The van der Waals surface area contributed by atoms with E-state index in [1.54, 1.807) is 0 Å². The van der Waals surface area contributed by atoms with Gasteiger partial charge in [0.25, 0.3) is 0 Å². The summed E-state index contributed by atoms with van der Waals surface area (Å²) in [6.45, 7) is -0.277. The molecule has 1 rings (SSSR count). The minimum atomic E-state index is -3.30. The molecule has 1 atom stereocenters. The van der Waals surface area contributed by atoms with E-state index < -0.39 is 15.9 Å². The largest absolute Gasteiger partial charge is 0.495 e. The number of aliphatic hydroxyl groups excluding tert-OH is 2. The van der Waals surface area contributed by atoms with Crippen LogP contribution in [-0.4, -0.2) is 51.3 Å². The molecule has 0 saturated heterocycles. The van der Waals surface area contributed by atoms with Crippen LogP contribution in [0.25, 0.3) is 0 Å². The van der Waals surface area contributed by atoms with E-state index in [0.717, 1.165) is 6.26 Å². The number of hydrogen-bond donors (Lipinski definition) is 3. The number of methoxy groups -OCH3 is 1. The van der Waals surface area contributed by atoms with Crippen LogP contribution in [0.15, 0.2) is 23.1 Å². The van der Waals surface area contributed by atoms with Crippen molar-refractivity contribution in [3.05, 3.63) is 18.2 Å². The SMILES string of the molecule is COc1ccc(S(C)(=O)=O)cc1NCC(O)CO. The lowest BCUT2D eigenvalue weighted by Crippen LogP contribution is -2.23. The second kappa shape index (κ2) is 6.03. The van der Waals surface area contributed by atoms with Crippen LogP contribution in [0.5, 0.6) is 5.75 Å². The highest BCUT2D eigenvalue weighted by molar-refractivity contribution is 7.90. The van der Waals surface area contributed by atoms with Gasteiger partial charge in [0.2, 0.25) is 0 Å². The number of rotatable bonds is 6. The standard InChI is InChI=1S/C11H17NO5S/c1-17-11-4-3-9(18(2,15)16)5-10(11)12-6-8(14)7-13/h3-5,8,12-14H,6-7H2,1-2H3. The van der Waals surface area contributed by atoms with Crippen molar-refractivity contribution in [2.24, 2.45) is 0 Å². The number of nitrogens with one attached hydrogen (secondary N) is 1. The predicted molar refractivity (Wildman–Crippen MR) is 67.7 cm³/mol. The summed E-state index contributed by atoms with van der Waals surface area (Å²) in [7, 11) is -1.84. The minimum absolute atomic E-state index is 0.0973. The molecule has 0 bridgehead atoms. The number of benzene rings is 1. The molecule has 0 spiro atoms. The van der Waals surface area contributed by atoms with Gasteiger partial charge in [0.1, 0.15) is 5.75 Å². The van der Waals surface area contributed by atoms with Crippen LogP contribution in [0.4, 0.5) is 5.69 Å². The number of hydrogen-bond acceptors (Lipinski definition) is 6. The van der Waals surface area contributed by atoms with E-state index in [0.29, 0.717) is 11.4 Å². The summed E-state index contributed by atoms with van der Waals surface area (Å²) in [5.41, 5.74) is 0.452. The molecule has 0 aliphatic rings. The van der Waals surface area contributed by atoms with E-state index in [9.17, 15) is 13.5 Å². The Morgan fingerprint density at radius 2 is 2.11 bits per heavy atom. The molecule has 6 nitrogen and oxygen atoms in total. The van der Waals surface area contributed by atoms with E-state index in [-0.39, 0.29) is 18.0 Å². The summed E-state index contributed by atoms with van der Waals surface area (Å²) in [6.07, 6.45) is 0.192. The van der Waals surface area contributed by atoms with Crippen molar-refractivity contribution in [1.82, 2.24) is 0 Å². The Morgan fingerprint density at radius 1 is 1.44 bits per heavy atom. The van der Waals surface area contributed by atoms with Gasteiger partial charge in [-0.05, 0) is 18.2 Å². The molecule has 0 fully saturated rings. The van der Waals surface area contributed by atoms with Crippen molar-refractivity contribution in [3.8, 4) is 5.75 Å². The predicted octanol–water partition coefficient (Wildman–Crippen LogP) is -0.136.